The van der Waals surface area contributed by atoms with E-state index >= 15 is 0 Å². The van der Waals surface area contributed by atoms with E-state index in [1.165, 1.54) is 16.7 Å². The van der Waals surface area contributed by atoms with Crippen molar-refractivity contribution in [3.8, 4) is 33.4 Å². The van der Waals surface area contributed by atoms with Crippen LogP contribution in [0.1, 0.15) is 11.1 Å². The van der Waals surface area contributed by atoms with Gasteiger partial charge in [-0.2, -0.15) is 0 Å². The largest absolute Gasteiger partial charge is 0.405 e. The second-order valence-corrected chi connectivity index (χ2v) is 8.86. The van der Waals surface area contributed by atoms with Gasteiger partial charge in [0.15, 0.2) is 0 Å². The summed E-state index contributed by atoms with van der Waals surface area (Å²) in [4.78, 5) is 0. The molecule has 2 nitrogen and oxygen atoms in total. The lowest BCUT2D eigenvalue weighted by molar-refractivity contribution is -0.365. The van der Waals surface area contributed by atoms with E-state index in [0.29, 0.717) is 0 Å². The van der Waals surface area contributed by atoms with Crippen molar-refractivity contribution in [2.24, 2.45) is 0 Å². The molecule has 5 aromatic carbocycles. The van der Waals surface area contributed by atoms with Gasteiger partial charge in [-0.25, -0.2) is 4.68 Å². The van der Waals surface area contributed by atoms with Gasteiger partial charge in [-0.05, 0) is 48.2 Å². The van der Waals surface area contributed by atoms with Crippen molar-refractivity contribution in [3.05, 3.63) is 138 Å². The predicted octanol–water partition coefficient (Wildman–Crippen LogP) is 9.27. The van der Waals surface area contributed by atoms with Gasteiger partial charge < -0.3 is 5.43 Å². The Labute approximate surface area is 207 Å². The molecule has 0 spiro atoms. The fraction of sp³-hybridized carbons (Fsp3) is 0.0606. The summed E-state index contributed by atoms with van der Waals surface area (Å²) in [6.07, 6.45) is 0. The molecule has 0 aliphatic carbocycles. The maximum Gasteiger partial charge on any atom is 0.216 e. The molecule has 0 saturated heterocycles. The molecular weight excluding hydrogens is 424 g/mol. The van der Waals surface area contributed by atoms with E-state index in [2.05, 4.69) is 130 Å². The summed E-state index contributed by atoms with van der Waals surface area (Å²) < 4.78 is 1.79. The third-order valence-electron chi connectivity index (χ3n) is 6.09. The van der Waals surface area contributed by atoms with Gasteiger partial charge in [0.05, 0.1) is 11.1 Å². The summed E-state index contributed by atoms with van der Waals surface area (Å²) >= 11 is 0. The Morgan fingerprint density at radius 3 is 1.40 bits per heavy atom. The van der Waals surface area contributed by atoms with Crippen LogP contribution >= 0.6 is 0 Å². The first kappa shape index (κ1) is 22.4. The van der Waals surface area contributed by atoms with E-state index in [9.17, 15) is 0 Å². The minimum absolute atomic E-state index is 0.891. The van der Waals surface area contributed by atoms with E-state index in [1.54, 1.807) is 4.68 Å². The minimum Gasteiger partial charge on any atom is -0.405 e. The molecule has 0 aromatic heterocycles. The standard InChI is InChI=1S/C33H28N2/c1-24-19-25(2)21-30(20-24)34-35(3)33-31(27-15-9-5-10-16-27)22-29(26-13-7-4-8-14-26)23-32(33)28-17-11-6-12-18-28/h4-23H,3H2,1-2H3. The van der Waals surface area contributed by atoms with Crippen molar-refractivity contribution < 1.29 is 4.68 Å². The molecular formula is C33H28N2. The van der Waals surface area contributed by atoms with Crippen LogP contribution in [0.4, 0.5) is 11.4 Å². The fourth-order valence-electron chi connectivity index (χ4n) is 4.58. The Kier molecular flexibility index (Phi) is 6.28. The molecule has 5 aromatic rings. The summed E-state index contributed by atoms with van der Waals surface area (Å²) in [7, 11) is 0. The molecule has 2 heteroatoms. The molecule has 0 heterocycles. The highest BCUT2D eigenvalue weighted by Gasteiger charge is 2.21. The average Bonchev–Trinajstić information content (AvgIpc) is 2.89. The topological polar surface area (TPSA) is 17.1 Å². The van der Waals surface area contributed by atoms with E-state index in [0.717, 1.165) is 39.2 Å². The third-order valence-corrected chi connectivity index (χ3v) is 6.09. The van der Waals surface area contributed by atoms with E-state index in [4.69, 9.17) is 5.43 Å². The third kappa shape index (κ3) is 4.92. The van der Waals surface area contributed by atoms with Crippen molar-refractivity contribution in [2.75, 3.05) is 0 Å². The summed E-state index contributed by atoms with van der Waals surface area (Å²) in [5.41, 5.74) is 16.0. The Hall–Kier alpha value is -4.43. The number of hydrogen-bond donors (Lipinski definition) is 0. The molecule has 0 N–H and O–H groups in total. The lowest BCUT2D eigenvalue weighted by atomic mass is 9.91. The van der Waals surface area contributed by atoms with Gasteiger partial charge in [0.25, 0.3) is 0 Å². The van der Waals surface area contributed by atoms with Gasteiger partial charge in [0, 0.05) is 0 Å². The van der Waals surface area contributed by atoms with E-state index in [-0.39, 0.29) is 0 Å². The van der Waals surface area contributed by atoms with Crippen LogP contribution in [0.15, 0.2) is 121 Å². The van der Waals surface area contributed by atoms with E-state index < -0.39 is 0 Å². The molecule has 170 valence electrons. The zero-order valence-electron chi connectivity index (χ0n) is 20.1. The number of benzene rings is 5. The summed E-state index contributed by atoms with van der Waals surface area (Å²) in [6, 6.07) is 42.3. The number of nitrogens with zero attached hydrogens (tertiary/aromatic N) is 2. The minimum atomic E-state index is 0.891. The highest BCUT2D eigenvalue weighted by molar-refractivity contribution is 5.91. The monoisotopic (exact) mass is 452 g/mol. The maximum atomic E-state index is 4.95. The molecule has 0 aliphatic heterocycles. The van der Waals surface area contributed by atoms with Crippen LogP contribution in [-0.4, -0.2) is 11.4 Å². The van der Waals surface area contributed by atoms with Crippen LogP contribution in [0.3, 0.4) is 0 Å². The van der Waals surface area contributed by atoms with Crippen LogP contribution in [0.5, 0.6) is 0 Å². The quantitative estimate of drug-likeness (QED) is 0.139. The SMILES string of the molecule is C=[N+]([N-]c1cc(C)cc(C)c1)c1c(-c2ccccc2)cc(-c2ccccc2)cc1-c1ccccc1. The Balaban J connectivity index is 1.75. The molecule has 0 saturated carbocycles. The molecule has 0 radical (unpaired) electrons. The van der Waals surface area contributed by atoms with Crippen LogP contribution in [0.2, 0.25) is 0 Å². The first-order valence-corrected chi connectivity index (χ1v) is 11.8. The lowest BCUT2D eigenvalue weighted by Gasteiger charge is -2.23. The second-order valence-electron chi connectivity index (χ2n) is 8.86. The molecule has 0 amide bonds. The van der Waals surface area contributed by atoms with Crippen molar-refractivity contribution in [1.29, 1.82) is 0 Å². The number of rotatable bonds is 6. The number of hydrogen-bond acceptors (Lipinski definition) is 0. The van der Waals surface area contributed by atoms with Crippen LogP contribution in [0, 0.1) is 13.8 Å². The van der Waals surface area contributed by atoms with Crippen LogP contribution < -0.4 is 0 Å². The number of aryl methyl sites for hydroxylation is 2. The maximum absolute atomic E-state index is 4.95. The first-order valence-electron chi connectivity index (χ1n) is 11.8. The smallest absolute Gasteiger partial charge is 0.216 e. The van der Waals surface area contributed by atoms with Gasteiger partial charge in [0.2, 0.25) is 5.69 Å². The van der Waals surface area contributed by atoms with Crippen molar-refractivity contribution in [1.82, 2.24) is 0 Å². The van der Waals surface area contributed by atoms with Crippen molar-refractivity contribution in [3.63, 3.8) is 0 Å². The molecule has 35 heavy (non-hydrogen) atoms. The summed E-state index contributed by atoms with van der Waals surface area (Å²) in [5.74, 6) is 0. The first-order chi connectivity index (χ1) is 17.1. The van der Waals surface area contributed by atoms with Crippen LogP contribution in [0.25, 0.3) is 38.8 Å². The summed E-state index contributed by atoms with van der Waals surface area (Å²) in [6.45, 7) is 8.60. The van der Waals surface area contributed by atoms with Crippen LogP contribution in [-0.2, 0) is 0 Å². The highest BCUT2D eigenvalue weighted by atomic mass is 15.4. The van der Waals surface area contributed by atoms with Gasteiger partial charge in [-0.1, -0.05) is 126 Å². The Morgan fingerprint density at radius 1 is 0.514 bits per heavy atom. The Bertz CT molecular complexity index is 1390. The van der Waals surface area contributed by atoms with Gasteiger partial charge >= 0.3 is 0 Å². The molecule has 0 unspecified atom stereocenters. The zero-order valence-corrected chi connectivity index (χ0v) is 20.1. The highest BCUT2D eigenvalue weighted by Crippen LogP contribution is 2.44. The second kappa shape index (κ2) is 9.82. The fourth-order valence-corrected chi connectivity index (χ4v) is 4.58. The Morgan fingerprint density at radius 2 is 0.943 bits per heavy atom. The summed E-state index contributed by atoms with van der Waals surface area (Å²) in [5, 5.41) is 0. The molecule has 0 fully saturated rings. The zero-order chi connectivity index (χ0) is 24.2. The molecule has 0 bridgehead atoms. The van der Waals surface area contributed by atoms with Crippen molar-refractivity contribution in [2.45, 2.75) is 13.8 Å². The van der Waals surface area contributed by atoms with Gasteiger partial charge in [-0.15, -0.1) is 0 Å². The lowest BCUT2D eigenvalue weighted by Crippen LogP contribution is -2.01. The van der Waals surface area contributed by atoms with Gasteiger partial charge in [0.1, 0.15) is 6.72 Å². The van der Waals surface area contributed by atoms with Gasteiger partial charge in [-0.3, -0.25) is 0 Å². The average molecular weight is 453 g/mol. The predicted molar refractivity (Wildman–Crippen MR) is 149 cm³/mol. The molecule has 0 atom stereocenters. The van der Waals surface area contributed by atoms with Crippen molar-refractivity contribution >= 4 is 18.1 Å². The molecule has 0 aliphatic rings. The van der Waals surface area contributed by atoms with E-state index in [1.807, 2.05) is 12.1 Å². The normalized spacial score (nSPS) is 10.7. The molecule has 5 rings (SSSR count).